The van der Waals surface area contributed by atoms with Gasteiger partial charge in [0.2, 0.25) is 0 Å². The molecule has 128 valence electrons. The Balaban J connectivity index is 3.38. The number of hydrogen-bond donors (Lipinski definition) is 2. The number of hydrogen-bond acceptors (Lipinski definition) is 2. The van der Waals surface area contributed by atoms with E-state index in [0.29, 0.717) is 0 Å². The molecule has 0 aliphatic rings. The first kappa shape index (κ1) is 20.9. The Bertz CT molecular complexity index is 308. The maximum absolute atomic E-state index is 10.3. The van der Waals surface area contributed by atoms with Crippen molar-refractivity contribution in [1.82, 2.24) is 0 Å². The zero-order valence-electron chi connectivity index (χ0n) is 14.2. The molecule has 0 saturated carbocycles. The third-order valence-electron chi connectivity index (χ3n) is 3.70. The van der Waals surface area contributed by atoms with Gasteiger partial charge in [0, 0.05) is 6.42 Å². The van der Waals surface area contributed by atoms with Gasteiger partial charge in [0.1, 0.15) is 0 Å². The molecule has 0 fully saturated rings. The van der Waals surface area contributed by atoms with Crippen molar-refractivity contribution in [3.63, 3.8) is 0 Å². The Kier molecular flexibility index (Phi) is 15.5. The first-order valence-corrected chi connectivity index (χ1v) is 8.90. The number of carbonyl (C=O) groups is 1. The molecule has 1 atom stereocenters. The second-order valence-corrected chi connectivity index (χ2v) is 5.93. The number of aliphatic hydroxyl groups is 1. The smallest absolute Gasteiger partial charge is 0.303 e. The summed E-state index contributed by atoms with van der Waals surface area (Å²) in [6.07, 6.45) is 19.8. The Hall–Kier alpha value is -1.09. The van der Waals surface area contributed by atoms with Crippen LogP contribution in [0.5, 0.6) is 0 Å². The normalized spacial score (nSPS) is 13.2. The van der Waals surface area contributed by atoms with Crippen molar-refractivity contribution in [2.75, 3.05) is 0 Å². The van der Waals surface area contributed by atoms with E-state index in [0.717, 1.165) is 51.4 Å². The van der Waals surface area contributed by atoms with Crippen LogP contribution in [0.1, 0.15) is 84.0 Å². The van der Waals surface area contributed by atoms with Crippen LogP contribution in [0.25, 0.3) is 0 Å². The summed E-state index contributed by atoms with van der Waals surface area (Å²) in [5, 5.41) is 18.3. The molecule has 0 heterocycles. The number of carboxylic acids is 1. The fourth-order valence-corrected chi connectivity index (χ4v) is 2.31. The van der Waals surface area contributed by atoms with Gasteiger partial charge >= 0.3 is 5.97 Å². The van der Waals surface area contributed by atoms with Gasteiger partial charge in [-0.25, -0.2) is 0 Å². The molecule has 0 aliphatic heterocycles. The predicted molar refractivity (Wildman–Crippen MR) is 93.0 cm³/mol. The lowest BCUT2D eigenvalue weighted by atomic mass is 10.1. The number of carboxylic acid groups (broad SMARTS) is 1. The first-order valence-electron chi connectivity index (χ1n) is 8.90. The second kappa shape index (κ2) is 16.3. The summed E-state index contributed by atoms with van der Waals surface area (Å²) >= 11 is 0. The van der Waals surface area contributed by atoms with Crippen molar-refractivity contribution in [2.24, 2.45) is 0 Å². The average molecular weight is 310 g/mol. The minimum Gasteiger partial charge on any atom is -0.481 e. The van der Waals surface area contributed by atoms with Crippen molar-refractivity contribution in [3.8, 4) is 0 Å². The maximum atomic E-state index is 10.3. The maximum Gasteiger partial charge on any atom is 0.303 e. The van der Waals surface area contributed by atoms with Crippen LogP contribution in [-0.2, 0) is 4.79 Å². The molecule has 0 spiro atoms. The molecule has 0 aromatic heterocycles. The molecule has 3 heteroatoms. The Morgan fingerprint density at radius 3 is 2.32 bits per heavy atom. The van der Waals surface area contributed by atoms with E-state index in [9.17, 15) is 9.90 Å². The summed E-state index contributed by atoms with van der Waals surface area (Å²) in [5.41, 5.74) is 0. The van der Waals surface area contributed by atoms with Gasteiger partial charge in [0.25, 0.3) is 0 Å². The number of unbranched alkanes of at least 4 members (excludes halogenated alkanes) is 8. The third-order valence-corrected chi connectivity index (χ3v) is 3.70. The largest absolute Gasteiger partial charge is 0.481 e. The molecule has 0 radical (unpaired) electrons. The molecular formula is C19H34O3. The van der Waals surface area contributed by atoms with E-state index < -0.39 is 5.97 Å². The van der Waals surface area contributed by atoms with Crippen molar-refractivity contribution >= 4 is 5.97 Å². The summed E-state index contributed by atoms with van der Waals surface area (Å²) in [4.78, 5) is 10.3. The zero-order valence-corrected chi connectivity index (χ0v) is 14.2. The summed E-state index contributed by atoms with van der Waals surface area (Å²) < 4.78 is 0. The standard InChI is InChI=1S/C19H34O3/c1-2-3-4-5-6-9-12-15-18(20)16-13-10-7-8-11-14-17-19(21)22/h6,9,12,15,18,20H,2-5,7-8,10-11,13-14,16-17H2,1H3,(H,21,22)/b9-6-,15-12+. The molecule has 2 N–H and O–H groups in total. The molecule has 0 amide bonds. The molecular weight excluding hydrogens is 276 g/mol. The van der Waals surface area contributed by atoms with Gasteiger partial charge in [-0.05, 0) is 25.7 Å². The lowest BCUT2D eigenvalue weighted by molar-refractivity contribution is -0.137. The van der Waals surface area contributed by atoms with Gasteiger partial charge in [-0.1, -0.05) is 76.2 Å². The van der Waals surface area contributed by atoms with Crippen molar-refractivity contribution in [3.05, 3.63) is 24.3 Å². The Morgan fingerprint density at radius 1 is 0.955 bits per heavy atom. The molecule has 0 bridgehead atoms. The van der Waals surface area contributed by atoms with Gasteiger partial charge < -0.3 is 10.2 Å². The van der Waals surface area contributed by atoms with E-state index >= 15 is 0 Å². The molecule has 0 saturated heterocycles. The highest BCUT2D eigenvalue weighted by Crippen LogP contribution is 2.10. The molecule has 0 aromatic carbocycles. The highest BCUT2D eigenvalue weighted by Gasteiger charge is 1.99. The zero-order chi connectivity index (χ0) is 16.5. The van der Waals surface area contributed by atoms with Crippen LogP contribution in [0.2, 0.25) is 0 Å². The van der Waals surface area contributed by atoms with Gasteiger partial charge in [0.15, 0.2) is 0 Å². The summed E-state index contributed by atoms with van der Waals surface area (Å²) in [7, 11) is 0. The molecule has 0 aliphatic carbocycles. The molecule has 22 heavy (non-hydrogen) atoms. The fourth-order valence-electron chi connectivity index (χ4n) is 2.31. The van der Waals surface area contributed by atoms with Gasteiger partial charge in [0.05, 0.1) is 6.10 Å². The van der Waals surface area contributed by atoms with Crippen LogP contribution in [0.15, 0.2) is 24.3 Å². The Labute approximate surface area is 136 Å². The minimum absolute atomic E-state index is 0.287. The number of aliphatic carboxylic acids is 1. The summed E-state index contributed by atoms with van der Waals surface area (Å²) in [6.45, 7) is 2.20. The van der Waals surface area contributed by atoms with E-state index in [1.54, 1.807) is 0 Å². The fraction of sp³-hybridized carbons (Fsp3) is 0.737. The predicted octanol–water partition coefficient (Wildman–Crippen LogP) is 5.25. The van der Waals surface area contributed by atoms with Crippen LogP contribution >= 0.6 is 0 Å². The lowest BCUT2D eigenvalue weighted by Crippen LogP contribution is -2.01. The van der Waals surface area contributed by atoms with Crippen LogP contribution < -0.4 is 0 Å². The topological polar surface area (TPSA) is 57.5 Å². The van der Waals surface area contributed by atoms with Gasteiger partial charge in [-0.15, -0.1) is 0 Å². The van der Waals surface area contributed by atoms with E-state index in [1.165, 1.54) is 19.3 Å². The first-order chi connectivity index (χ1) is 10.7. The Morgan fingerprint density at radius 2 is 1.64 bits per heavy atom. The SMILES string of the molecule is CCCCC/C=C\C=C\C(O)CCCCCCCCC(=O)O. The van der Waals surface area contributed by atoms with Crippen molar-refractivity contribution in [2.45, 2.75) is 90.1 Å². The van der Waals surface area contributed by atoms with Crippen molar-refractivity contribution < 1.29 is 15.0 Å². The van der Waals surface area contributed by atoms with Crippen LogP contribution in [-0.4, -0.2) is 22.3 Å². The highest BCUT2D eigenvalue weighted by atomic mass is 16.4. The minimum atomic E-state index is -0.700. The van der Waals surface area contributed by atoms with E-state index in [-0.39, 0.29) is 12.5 Å². The van der Waals surface area contributed by atoms with E-state index in [4.69, 9.17) is 5.11 Å². The quantitative estimate of drug-likeness (QED) is 0.321. The number of allylic oxidation sites excluding steroid dienone is 3. The highest BCUT2D eigenvalue weighted by molar-refractivity contribution is 5.66. The van der Waals surface area contributed by atoms with Gasteiger partial charge in [-0.3, -0.25) is 4.79 Å². The van der Waals surface area contributed by atoms with Crippen LogP contribution in [0, 0.1) is 0 Å². The van der Waals surface area contributed by atoms with E-state index in [2.05, 4.69) is 13.0 Å². The van der Waals surface area contributed by atoms with Crippen molar-refractivity contribution in [1.29, 1.82) is 0 Å². The van der Waals surface area contributed by atoms with Gasteiger partial charge in [-0.2, -0.15) is 0 Å². The number of aliphatic hydroxyl groups excluding tert-OH is 1. The van der Waals surface area contributed by atoms with E-state index in [1.807, 2.05) is 18.2 Å². The molecule has 0 rings (SSSR count). The lowest BCUT2D eigenvalue weighted by Gasteiger charge is -2.05. The summed E-state index contributed by atoms with van der Waals surface area (Å²) in [5.74, 6) is -0.700. The van der Waals surface area contributed by atoms with Crippen LogP contribution in [0.3, 0.4) is 0 Å². The molecule has 3 nitrogen and oxygen atoms in total. The number of rotatable bonds is 15. The molecule has 1 unspecified atom stereocenters. The average Bonchev–Trinajstić information content (AvgIpc) is 2.48. The summed E-state index contributed by atoms with van der Waals surface area (Å²) in [6, 6.07) is 0. The third kappa shape index (κ3) is 17.0. The monoisotopic (exact) mass is 310 g/mol. The molecule has 0 aromatic rings. The second-order valence-electron chi connectivity index (χ2n) is 5.93. The van der Waals surface area contributed by atoms with Crippen LogP contribution in [0.4, 0.5) is 0 Å².